The summed E-state index contributed by atoms with van der Waals surface area (Å²) in [5, 5.41) is 3.72. The van der Waals surface area contributed by atoms with E-state index in [4.69, 9.17) is 0 Å². The normalized spacial score (nSPS) is 25.2. The molecule has 0 spiro atoms. The molecule has 0 heterocycles. The molecule has 3 atom stereocenters. The summed E-state index contributed by atoms with van der Waals surface area (Å²) in [6, 6.07) is 7.89. The van der Waals surface area contributed by atoms with Gasteiger partial charge in [0.2, 0.25) is 0 Å². The van der Waals surface area contributed by atoms with E-state index in [-0.39, 0.29) is 11.9 Å². The Morgan fingerprint density at radius 1 is 1.21 bits per heavy atom. The Morgan fingerprint density at radius 3 is 2.63 bits per heavy atom. The molecule has 0 aliphatic heterocycles. The largest absolute Gasteiger partial charge is 0.307 e. The number of nitrogens with one attached hydrogen (secondary N) is 1. The highest BCUT2D eigenvalue weighted by Crippen LogP contribution is 2.30. The van der Waals surface area contributed by atoms with Gasteiger partial charge in [0, 0.05) is 17.6 Å². The number of halogens is 1. The molecular formula is C17H26FN. The van der Waals surface area contributed by atoms with E-state index in [1.165, 1.54) is 32.1 Å². The average molecular weight is 263 g/mol. The van der Waals surface area contributed by atoms with Gasteiger partial charge in [0.15, 0.2) is 0 Å². The van der Waals surface area contributed by atoms with Crippen molar-refractivity contribution in [1.29, 1.82) is 0 Å². The lowest BCUT2D eigenvalue weighted by Gasteiger charge is -2.35. The van der Waals surface area contributed by atoms with Gasteiger partial charge >= 0.3 is 0 Å². The second-order valence-electron chi connectivity index (χ2n) is 5.71. The van der Waals surface area contributed by atoms with Gasteiger partial charge in [0.1, 0.15) is 5.82 Å². The van der Waals surface area contributed by atoms with Crippen molar-refractivity contribution < 1.29 is 4.39 Å². The molecule has 0 radical (unpaired) electrons. The minimum atomic E-state index is -0.0780. The first-order valence-corrected chi connectivity index (χ1v) is 7.76. The third-order valence-electron chi connectivity index (χ3n) is 4.54. The van der Waals surface area contributed by atoms with Crippen LogP contribution in [0.3, 0.4) is 0 Å². The summed E-state index contributed by atoms with van der Waals surface area (Å²) >= 11 is 0. The Labute approximate surface area is 116 Å². The molecular weight excluding hydrogens is 237 g/mol. The summed E-state index contributed by atoms with van der Waals surface area (Å²) in [7, 11) is 0. The molecule has 0 bridgehead atoms. The van der Waals surface area contributed by atoms with Crippen LogP contribution in [0, 0.1) is 11.7 Å². The van der Waals surface area contributed by atoms with E-state index in [2.05, 4.69) is 19.2 Å². The second-order valence-corrected chi connectivity index (χ2v) is 5.71. The molecule has 3 unspecified atom stereocenters. The van der Waals surface area contributed by atoms with Crippen molar-refractivity contribution in [2.45, 2.75) is 64.5 Å². The summed E-state index contributed by atoms with van der Waals surface area (Å²) in [6.45, 7) is 4.41. The van der Waals surface area contributed by atoms with Crippen LogP contribution in [0.15, 0.2) is 24.3 Å². The highest BCUT2D eigenvalue weighted by atomic mass is 19.1. The molecule has 1 fully saturated rings. The number of benzene rings is 1. The number of hydrogen-bond donors (Lipinski definition) is 1. The molecule has 1 aromatic rings. The van der Waals surface area contributed by atoms with Crippen LogP contribution in [0.2, 0.25) is 0 Å². The lowest BCUT2D eigenvalue weighted by Crippen LogP contribution is -2.40. The van der Waals surface area contributed by atoms with Crippen molar-refractivity contribution in [1.82, 2.24) is 5.32 Å². The second kappa shape index (κ2) is 7.04. The molecule has 0 amide bonds. The summed E-state index contributed by atoms with van der Waals surface area (Å²) in [6.07, 6.45) is 7.39. The molecule has 19 heavy (non-hydrogen) atoms. The fourth-order valence-corrected chi connectivity index (χ4v) is 3.36. The predicted molar refractivity (Wildman–Crippen MR) is 78.6 cm³/mol. The number of rotatable bonds is 5. The lowest BCUT2D eigenvalue weighted by atomic mass is 9.82. The molecule has 1 saturated carbocycles. The molecule has 1 aliphatic carbocycles. The van der Waals surface area contributed by atoms with Gasteiger partial charge in [0.25, 0.3) is 0 Å². The van der Waals surface area contributed by atoms with Crippen molar-refractivity contribution in [3.63, 3.8) is 0 Å². The van der Waals surface area contributed by atoms with Gasteiger partial charge in [-0.3, -0.25) is 0 Å². The Bertz CT molecular complexity index is 391. The molecule has 1 aromatic carbocycles. The van der Waals surface area contributed by atoms with E-state index in [0.29, 0.717) is 6.04 Å². The minimum absolute atomic E-state index is 0.0780. The van der Waals surface area contributed by atoms with Crippen molar-refractivity contribution in [2.75, 3.05) is 0 Å². The summed E-state index contributed by atoms with van der Waals surface area (Å²) < 4.78 is 13.9. The van der Waals surface area contributed by atoms with E-state index in [9.17, 15) is 4.39 Å². The van der Waals surface area contributed by atoms with Crippen LogP contribution in [0.5, 0.6) is 0 Å². The van der Waals surface area contributed by atoms with Crippen LogP contribution in [0.25, 0.3) is 0 Å². The molecule has 2 rings (SSSR count). The average Bonchev–Trinajstić information content (AvgIpc) is 2.46. The fourth-order valence-electron chi connectivity index (χ4n) is 3.36. The van der Waals surface area contributed by atoms with Crippen molar-refractivity contribution >= 4 is 0 Å². The van der Waals surface area contributed by atoms with Crippen LogP contribution < -0.4 is 5.32 Å². The minimum Gasteiger partial charge on any atom is -0.307 e. The first kappa shape index (κ1) is 14.5. The fraction of sp³-hybridized carbons (Fsp3) is 0.647. The third-order valence-corrected chi connectivity index (χ3v) is 4.54. The molecule has 0 saturated heterocycles. The predicted octanol–water partition coefficient (Wildman–Crippen LogP) is 4.84. The van der Waals surface area contributed by atoms with Gasteiger partial charge in [-0.15, -0.1) is 0 Å². The monoisotopic (exact) mass is 263 g/mol. The highest BCUT2D eigenvalue weighted by molar-refractivity contribution is 5.21. The van der Waals surface area contributed by atoms with E-state index < -0.39 is 0 Å². The Hall–Kier alpha value is -0.890. The zero-order valence-corrected chi connectivity index (χ0v) is 12.2. The molecule has 1 N–H and O–H groups in total. The van der Waals surface area contributed by atoms with E-state index in [1.54, 1.807) is 12.1 Å². The van der Waals surface area contributed by atoms with Gasteiger partial charge in [-0.2, -0.15) is 0 Å². The summed E-state index contributed by atoms with van der Waals surface area (Å²) in [5.41, 5.74) is 0.824. The molecule has 106 valence electrons. The standard InChI is InChI=1S/C17H26FN/c1-3-13-9-5-8-12-17(13)19-16(4-2)14-10-6-7-11-15(14)18/h6-7,10-11,13,16-17,19H,3-5,8-9,12H2,1-2H3. The maximum Gasteiger partial charge on any atom is 0.127 e. The van der Waals surface area contributed by atoms with E-state index >= 15 is 0 Å². The van der Waals surface area contributed by atoms with Crippen molar-refractivity contribution in [2.24, 2.45) is 5.92 Å². The third kappa shape index (κ3) is 3.56. The van der Waals surface area contributed by atoms with Gasteiger partial charge in [-0.1, -0.05) is 51.3 Å². The van der Waals surface area contributed by atoms with Crippen LogP contribution >= 0.6 is 0 Å². The first-order valence-electron chi connectivity index (χ1n) is 7.76. The quantitative estimate of drug-likeness (QED) is 0.802. The first-order chi connectivity index (χ1) is 9.26. The van der Waals surface area contributed by atoms with Gasteiger partial charge < -0.3 is 5.32 Å². The zero-order chi connectivity index (χ0) is 13.7. The molecule has 1 nitrogen and oxygen atoms in total. The van der Waals surface area contributed by atoms with Crippen molar-refractivity contribution in [3.8, 4) is 0 Å². The van der Waals surface area contributed by atoms with E-state index in [1.807, 2.05) is 12.1 Å². The molecule has 1 aliphatic rings. The lowest BCUT2D eigenvalue weighted by molar-refractivity contribution is 0.233. The highest BCUT2D eigenvalue weighted by Gasteiger charge is 2.26. The maximum atomic E-state index is 13.9. The number of hydrogen-bond acceptors (Lipinski definition) is 1. The summed E-state index contributed by atoms with van der Waals surface area (Å²) in [4.78, 5) is 0. The Kier molecular flexibility index (Phi) is 5.38. The Morgan fingerprint density at radius 2 is 1.95 bits per heavy atom. The van der Waals surface area contributed by atoms with Crippen LogP contribution in [0.4, 0.5) is 4.39 Å². The van der Waals surface area contributed by atoms with Gasteiger partial charge in [-0.05, 0) is 31.2 Å². The van der Waals surface area contributed by atoms with Crippen molar-refractivity contribution in [3.05, 3.63) is 35.6 Å². The van der Waals surface area contributed by atoms with E-state index in [0.717, 1.165) is 17.9 Å². The Balaban J connectivity index is 2.08. The maximum absolute atomic E-state index is 13.9. The smallest absolute Gasteiger partial charge is 0.127 e. The van der Waals surface area contributed by atoms with Crippen LogP contribution in [-0.2, 0) is 0 Å². The molecule has 2 heteroatoms. The van der Waals surface area contributed by atoms with Gasteiger partial charge in [0.05, 0.1) is 0 Å². The SMILES string of the molecule is CCC(NC1CCCCC1CC)c1ccccc1F. The van der Waals surface area contributed by atoms with Crippen LogP contribution in [-0.4, -0.2) is 6.04 Å². The molecule has 0 aromatic heterocycles. The van der Waals surface area contributed by atoms with Crippen LogP contribution in [0.1, 0.15) is 64.0 Å². The topological polar surface area (TPSA) is 12.0 Å². The van der Waals surface area contributed by atoms with Gasteiger partial charge in [-0.25, -0.2) is 4.39 Å². The zero-order valence-electron chi connectivity index (χ0n) is 12.2. The summed E-state index contributed by atoms with van der Waals surface area (Å²) in [5.74, 6) is 0.681.